The molecule has 2 heterocycles. The van der Waals surface area contributed by atoms with Gasteiger partial charge in [0.15, 0.2) is 4.96 Å². The number of nitrogens with two attached hydrogens (primary N) is 1. The molecule has 2 aromatic rings. The lowest BCUT2D eigenvalue weighted by atomic mass is 10.5. The Morgan fingerprint density at radius 1 is 1.70 bits per heavy atom. The number of nitrogen functional groups attached to an aromatic ring is 1. The highest BCUT2D eigenvalue weighted by atomic mass is 32.1. The Morgan fingerprint density at radius 2 is 2.50 bits per heavy atom. The fraction of sp³-hybridized carbons (Fsp3) is 0.167. The molecule has 0 amide bonds. The molecule has 0 aliphatic rings. The van der Waals surface area contributed by atoms with E-state index in [2.05, 4.69) is 4.98 Å². The van der Waals surface area contributed by atoms with Gasteiger partial charge in [-0.15, -0.1) is 11.3 Å². The van der Waals surface area contributed by atoms with Crippen LogP contribution in [0.25, 0.3) is 4.96 Å². The third-order valence-electron chi connectivity index (χ3n) is 1.44. The van der Waals surface area contributed by atoms with Crippen molar-refractivity contribution < 1.29 is 0 Å². The lowest BCUT2D eigenvalue weighted by molar-refractivity contribution is 1.14. The van der Waals surface area contributed by atoms with Gasteiger partial charge in [-0.05, 0) is 6.92 Å². The maximum Gasteiger partial charge on any atom is 0.195 e. The zero-order chi connectivity index (χ0) is 7.14. The number of hydrogen-bond acceptors (Lipinski definition) is 3. The number of anilines is 1. The molecule has 0 unspecified atom stereocenters. The van der Waals surface area contributed by atoms with Crippen LogP contribution in [0.5, 0.6) is 0 Å². The molecule has 4 heteroatoms. The molecule has 52 valence electrons. The molecule has 3 nitrogen and oxygen atoms in total. The van der Waals surface area contributed by atoms with E-state index in [0.717, 1.165) is 10.7 Å². The van der Waals surface area contributed by atoms with Crippen LogP contribution in [-0.2, 0) is 0 Å². The molecule has 0 saturated heterocycles. The molecule has 0 radical (unpaired) electrons. The van der Waals surface area contributed by atoms with Crippen molar-refractivity contribution in [2.45, 2.75) is 6.92 Å². The zero-order valence-electron chi connectivity index (χ0n) is 5.53. The minimum atomic E-state index is 0.716. The zero-order valence-corrected chi connectivity index (χ0v) is 6.35. The van der Waals surface area contributed by atoms with E-state index in [1.807, 2.05) is 16.7 Å². The summed E-state index contributed by atoms with van der Waals surface area (Å²) in [5.41, 5.74) is 6.78. The van der Waals surface area contributed by atoms with Gasteiger partial charge in [0.2, 0.25) is 0 Å². The quantitative estimate of drug-likeness (QED) is 0.619. The topological polar surface area (TPSA) is 43.3 Å². The summed E-state index contributed by atoms with van der Waals surface area (Å²) in [4.78, 5) is 5.06. The summed E-state index contributed by atoms with van der Waals surface area (Å²) in [6.07, 6.45) is 1.68. The maximum atomic E-state index is 5.63. The molecular weight excluding hydrogens is 146 g/mol. The standard InChI is InChI=1S/C6H7N3S/c1-4-3-10-6-8-2-5(7)9(4)6/h2-3H,7H2,1H3. The normalized spacial score (nSPS) is 10.9. The van der Waals surface area contributed by atoms with Crippen molar-refractivity contribution in [1.82, 2.24) is 9.38 Å². The first-order chi connectivity index (χ1) is 4.79. The van der Waals surface area contributed by atoms with Crippen LogP contribution in [0.15, 0.2) is 11.6 Å². The van der Waals surface area contributed by atoms with Gasteiger partial charge in [-0.25, -0.2) is 4.98 Å². The van der Waals surface area contributed by atoms with Crippen molar-refractivity contribution in [3.63, 3.8) is 0 Å². The SMILES string of the molecule is Cc1csc2ncc(N)n12. The Morgan fingerprint density at radius 3 is 3.20 bits per heavy atom. The number of hydrogen-bond donors (Lipinski definition) is 1. The van der Waals surface area contributed by atoms with Gasteiger partial charge in [0.25, 0.3) is 0 Å². The summed E-state index contributed by atoms with van der Waals surface area (Å²) in [6.45, 7) is 2.02. The number of nitrogens with zero attached hydrogens (tertiary/aromatic N) is 2. The Labute approximate surface area is 62.1 Å². The summed E-state index contributed by atoms with van der Waals surface area (Å²) < 4.78 is 1.94. The van der Waals surface area contributed by atoms with Crippen molar-refractivity contribution in [3.05, 3.63) is 17.3 Å². The first-order valence-electron chi connectivity index (χ1n) is 2.96. The number of rotatable bonds is 0. The molecule has 2 N–H and O–H groups in total. The fourth-order valence-corrected chi connectivity index (χ4v) is 1.83. The largest absolute Gasteiger partial charge is 0.383 e. The van der Waals surface area contributed by atoms with Crippen LogP contribution in [0, 0.1) is 6.92 Å². The van der Waals surface area contributed by atoms with Gasteiger partial charge in [-0.2, -0.15) is 0 Å². The Kier molecular flexibility index (Phi) is 0.990. The molecule has 0 aliphatic carbocycles. The molecule has 0 aliphatic heterocycles. The minimum Gasteiger partial charge on any atom is -0.383 e. The first kappa shape index (κ1) is 5.73. The molecule has 0 fully saturated rings. The van der Waals surface area contributed by atoms with Crippen molar-refractivity contribution in [2.24, 2.45) is 0 Å². The predicted octanol–water partition coefficient (Wildman–Crippen LogP) is 1.29. The Bertz CT molecular complexity index is 328. The summed E-state index contributed by atoms with van der Waals surface area (Å²) in [6, 6.07) is 0. The highest BCUT2D eigenvalue weighted by molar-refractivity contribution is 7.15. The highest BCUT2D eigenvalue weighted by Gasteiger charge is 2.02. The molecule has 0 saturated carbocycles. The van der Waals surface area contributed by atoms with E-state index in [4.69, 9.17) is 5.73 Å². The van der Waals surface area contributed by atoms with Gasteiger partial charge in [-0.3, -0.25) is 4.40 Å². The molecule has 2 aromatic heterocycles. The molecule has 0 spiro atoms. The van der Waals surface area contributed by atoms with Crippen molar-refractivity contribution in [3.8, 4) is 0 Å². The second-order valence-electron chi connectivity index (χ2n) is 2.18. The van der Waals surface area contributed by atoms with Crippen LogP contribution in [0.1, 0.15) is 5.69 Å². The van der Waals surface area contributed by atoms with E-state index in [1.165, 1.54) is 0 Å². The summed E-state index contributed by atoms with van der Waals surface area (Å²) >= 11 is 1.61. The maximum absolute atomic E-state index is 5.63. The van der Waals surface area contributed by atoms with Crippen molar-refractivity contribution >= 4 is 22.1 Å². The van der Waals surface area contributed by atoms with E-state index in [0.29, 0.717) is 5.82 Å². The monoisotopic (exact) mass is 153 g/mol. The second kappa shape index (κ2) is 1.73. The second-order valence-corrected chi connectivity index (χ2v) is 3.01. The third kappa shape index (κ3) is 0.565. The molecule has 2 rings (SSSR count). The predicted molar refractivity (Wildman–Crippen MR) is 42.2 cm³/mol. The molecule has 0 aromatic carbocycles. The van der Waals surface area contributed by atoms with E-state index in [1.54, 1.807) is 17.5 Å². The average molecular weight is 153 g/mol. The number of fused-ring (bicyclic) bond motifs is 1. The van der Waals surface area contributed by atoms with Crippen LogP contribution in [0.4, 0.5) is 5.82 Å². The van der Waals surface area contributed by atoms with E-state index >= 15 is 0 Å². The van der Waals surface area contributed by atoms with E-state index in [9.17, 15) is 0 Å². The summed E-state index contributed by atoms with van der Waals surface area (Å²) in [5.74, 6) is 0.716. The first-order valence-corrected chi connectivity index (χ1v) is 3.84. The third-order valence-corrected chi connectivity index (χ3v) is 2.40. The lowest BCUT2D eigenvalue weighted by Crippen LogP contribution is -1.91. The molecule has 10 heavy (non-hydrogen) atoms. The highest BCUT2D eigenvalue weighted by Crippen LogP contribution is 2.17. The van der Waals surface area contributed by atoms with E-state index < -0.39 is 0 Å². The lowest BCUT2D eigenvalue weighted by Gasteiger charge is -1.89. The molecule has 0 atom stereocenters. The minimum absolute atomic E-state index is 0.716. The van der Waals surface area contributed by atoms with Crippen molar-refractivity contribution in [1.29, 1.82) is 0 Å². The molecular formula is C6H7N3S. The van der Waals surface area contributed by atoms with E-state index in [-0.39, 0.29) is 0 Å². The van der Waals surface area contributed by atoms with Gasteiger partial charge in [-0.1, -0.05) is 0 Å². The van der Waals surface area contributed by atoms with Gasteiger partial charge in [0.1, 0.15) is 5.82 Å². The number of thiazole rings is 1. The van der Waals surface area contributed by atoms with Crippen LogP contribution in [0.2, 0.25) is 0 Å². The smallest absolute Gasteiger partial charge is 0.195 e. The van der Waals surface area contributed by atoms with Crippen LogP contribution in [-0.4, -0.2) is 9.38 Å². The molecule has 0 bridgehead atoms. The van der Waals surface area contributed by atoms with Gasteiger partial charge >= 0.3 is 0 Å². The van der Waals surface area contributed by atoms with Crippen LogP contribution >= 0.6 is 11.3 Å². The van der Waals surface area contributed by atoms with Crippen molar-refractivity contribution in [2.75, 3.05) is 5.73 Å². The van der Waals surface area contributed by atoms with Crippen LogP contribution < -0.4 is 5.73 Å². The van der Waals surface area contributed by atoms with Gasteiger partial charge in [0, 0.05) is 11.1 Å². The van der Waals surface area contributed by atoms with Crippen LogP contribution in [0.3, 0.4) is 0 Å². The Hall–Kier alpha value is -1.03. The average Bonchev–Trinajstić information content (AvgIpc) is 2.40. The fourth-order valence-electron chi connectivity index (χ4n) is 0.976. The Balaban J connectivity index is 2.98. The number of imidazole rings is 1. The summed E-state index contributed by atoms with van der Waals surface area (Å²) in [5, 5.41) is 2.04. The van der Waals surface area contributed by atoms with Gasteiger partial charge < -0.3 is 5.73 Å². The number of aromatic nitrogens is 2. The summed E-state index contributed by atoms with van der Waals surface area (Å²) in [7, 11) is 0. The van der Waals surface area contributed by atoms with Gasteiger partial charge in [0.05, 0.1) is 6.20 Å². The number of aryl methyl sites for hydroxylation is 1.